The van der Waals surface area contributed by atoms with Crippen LogP contribution in [0.25, 0.3) is 10.2 Å². The molecule has 1 aliphatic rings. The zero-order valence-corrected chi connectivity index (χ0v) is 25.3. The zero-order valence-electron chi connectivity index (χ0n) is 23.7. The van der Waals surface area contributed by atoms with Gasteiger partial charge in [-0.05, 0) is 82.0 Å². The molecule has 3 N–H and O–H groups in total. The molecule has 1 fully saturated rings. The minimum atomic E-state index is -1.07. The predicted octanol–water partition coefficient (Wildman–Crippen LogP) is 4.30. The molecule has 1 aromatic heterocycles. The molecule has 0 bridgehead atoms. The van der Waals surface area contributed by atoms with Gasteiger partial charge >= 0.3 is 6.03 Å². The third kappa shape index (κ3) is 6.94. The average Bonchev–Trinajstić information content (AvgIpc) is 3.35. The van der Waals surface area contributed by atoms with Crippen LogP contribution < -0.4 is 16.0 Å². The van der Waals surface area contributed by atoms with E-state index in [-0.39, 0.29) is 18.4 Å². The summed E-state index contributed by atoms with van der Waals surface area (Å²) in [5.74, 6) is -1.82. The van der Waals surface area contributed by atoms with E-state index in [0.29, 0.717) is 47.3 Å². The number of aryl methyl sites for hydroxylation is 1. The fraction of sp³-hybridized carbons (Fsp3) is 0.379. The number of ether oxygens (including phenoxy) is 1. The van der Waals surface area contributed by atoms with Crippen molar-refractivity contribution in [3.63, 3.8) is 0 Å². The number of halogens is 1. The molecule has 13 heteroatoms. The fourth-order valence-electron chi connectivity index (χ4n) is 4.68. The van der Waals surface area contributed by atoms with Gasteiger partial charge in [-0.15, -0.1) is 11.3 Å². The normalized spacial score (nSPS) is 15.3. The Bertz CT molecular complexity index is 1550. The van der Waals surface area contributed by atoms with Gasteiger partial charge in [-0.1, -0.05) is 11.6 Å². The number of hydrogen-bond donors (Lipinski definition) is 3. The molecule has 1 saturated heterocycles. The number of urea groups is 1. The van der Waals surface area contributed by atoms with Crippen molar-refractivity contribution in [2.45, 2.75) is 58.5 Å². The second-order valence-corrected chi connectivity index (χ2v) is 11.9. The van der Waals surface area contributed by atoms with E-state index >= 15 is 0 Å². The predicted molar refractivity (Wildman–Crippen MR) is 160 cm³/mol. The Labute approximate surface area is 251 Å². The molecule has 222 valence electrons. The van der Waals surface area contributed by atoms with Crippen LogP contribution in [0.4, 0.5) is 10.5 Å². The lowest BCUT2D eigenvalue weighted by Gasteiger charge is -2.28. The molecule has 1 unspecified atom stereocenters. The van der Waals surface area contributed by atoms with Crippen molar-refractivity contribution in [2.24, 2.45) is 0 Å². The first-order valence-electron chi connectivity index (χ1n) is 13.4. The first-order chi connectivity index (χ1) is 19.9. The summed E-state index contributed by atoms with van der Waals surface area (Å²) in [6, 6.07) is 6.79. The summed E-state index contributed by atoms with van der Waals surface area (Å²) in [5.41, 5.74) is 2.07. The van der Waals surface area contributed by atoms with E-state index in [9.17, 15) is 24.0 Å². The standard InChI is InChI=1S/C29H32ClN5O6S/c1-5-41-11-10-17-13-18(30)14-22-24(17)33-27(42-22)29(3,4)34-28(40)31-19-6-7-20(16(2)12-19)26(39)35(15-36)21-8-9-23(37)32-25(21)38/h6-7,12-15,21H,5,8-11H2,1-4H3,(H2,31,34,40)(H,32,37,38). The van der Waals surface area contributed by atoms with Crippen LogP contribution in [-0.2, 0) is 31.1 Å². The number of fused-ring (bicyclic) bond motifs is 1. The van der Waals surface area contributed by atoms with Gasteiger partial charge in [0, 0.05) is 29.3 Å². The maximum atomic E-state index is 13.1. The van der Waals surface area contributed by atoms with E-state index in [1.165, 1.54) is 23.5 Å². The zero-order chi connectivity index (χ0) is 30.6. The Morgan fingerprint density at radius 2 is 2.02 bits per heavy atom. The highest BCUT2D eigenvalue weighted by Crippen LogP contribution is 2.34. The number of benzene rings is 2. The largest absolute Gasteiger partial charge is 0.381 e. The second kappa shape index (κ2) is 13.0. The molecular weight excluding hydrogens is 582 g/mol. The summed E-state index contributed by atoms with van der Waals surface area (Å²) in [6.45, 7) is 8.47. The summed E-state index contributed by atoms with van der Waals surface area (Å²) in [6.07, 6.45) is 1.04. The van der Waals surface area contributed by atoms with Crippen LogP contribution in [0.5, 0.6) is 0 Å². The summed E-state index contributed by atoms with van der Waals surface area (Å²) in [7, 11) is 0. The van der Waals surface area contributed by atoms with E-state index < -0.39 is 35.3 Å². The maximum absolute atomic E-state index is 13.1. The highest BCUT2D eigenvalue weighted by Gasteiger charge is 2.35. The van der Waals surface area contributed by atoms with Crippen molar-refractivity contribution in [1.29, 1.82) is 0 Å². The molecule has 4 rings (SSSR count). The summed E-state index contributed by atoms with van der Waals surface area (Å²) in [5, 5.41) is 9.19. The van der Waals surface area contributed by atoms with E-state index in [1.807, 2.05) is 32.9 Å². The molecular formula is C29H32ClN5O6S. The van der Waals surface area contributed by atoms with Crippen molar-refractivity contribution in [3.8, 4) is 0 Å². The van der Waals surface area contributed by atoms with Crippen molar-refractivity contribution < 1.29 is 28.7 Å². The molecule has 0 radical (unpaired) electrons. The number of hydrogen-bond acceptors (Lipinski definition) is 8. The Morgan fingerprint density at radius 3 is 2.69 bits per heavy atom. The van der Waals surface area contributed by atoms with E-state index in [0.717, 1.165) is 20.7 Å². The molecule has 11 nitrogen and oxygen atoms in total. The Balaban J connectivity index is 1.46. The van der Waals surface area contributed by atoms with Crippen LogP contribution in [0, 0.1) is 6.92 Å². The van der Waals surface area contributed by atoms with Gasteiger partial charge in [0.2, 0.25) is 18.2 Å². The lowest BCUT2D eigenvalue weighted by atomic mass is 10.0. The molecule has 0 spiro atoms. The lowest BCUT2D eigenvalue weighted by Crippen LogP contribution is -2.53. The number of rotatable bonds is 10. The Morgan fingerprint density at radius 1 is 1.26 bits per heavy atom. The molecule has 0 saturated carbocycles. The quantitative estimate of drug-likeness (QED) is 0.175. The second-order valence-electron chi connectivity index (χ2n) is 10.4. The number of thiazole rings is 1. The van der Waals surface area contributed by atoms with Gasteiger partial charge in [0.15, 0.2) is 0 Å². The van der Waals surface area contributed by atoms with E-state index in [2.05, 4.69) is 16.0 Å². The number of anilines is 1. The minimum Gasteiger partial charge on any atom is -0.381 e. The molecule has 1 atom stereocenters. The highest BCUT2D eigenvalue weighted by atomic mass is 35.5. The monoisotopic (exact) mass is 613 g/mol. The van der Waals surface area contributed by atoms with Crippen LogP contribution in [0.2, 0.25) is 5.02 Å². The van der Waals surface area contributed by atoms with Crippen molar-refractivity contribution in [2.75, 3.05) is 18.5 Å². The van der Waals surface area contributed by atoms with Gasteiger partial charge < -0.3 is 15.4 Å². The number of imide groups is 2. The Kier molecular flexibility index (Phi) is 9.60. The van der Waals surface area contributed by atoms with Crippen LogP contribution in [0.1, 0.15) is 60.1 Å². The number of amides is 6. The lowest BCUT2D eigenvalue weighted by molar-refractivity contribution is -0.139. The van der Waals surface area contributed by atoms with Crippen LogP contribution in [0.3, 0.4) is 0 Å². The van der Waals surface area contributed by atoms with Gasteiger partial charge in [0.25, 0.3) is 5.91 Å². The van der Waals surface area contributed by atoms with Gasteiger partial charge in [0.1, 0.15) is 11.0 Å². The van der Waals surface area contributed by atoms with Gasteiger partial charge in [0.05, 0.1) is 22.4 Å². The van der Waals surface area contributed by atoms with E-state index in [1.54, 1.807) is 13.0 Å². The number of carbonyl (C=O) groups is 5. The smallest absolute Gasteiger partial charge is 0.319 e. The highest BCUT2D eigenvalue weighted by molar-refractivity contribution is 7.18. The van der Waals surface area contributed by atoms with Crippen molar-refractivity contribution in [1.82, 2.24) is 20.5 Å². The first-order valence-corrected chi connectivity index (χ1v) is 14.6. The molecule has 3 aromatic rings. The number of carbonyl (C=O) groups excluding carboxylic acids is 5. The SMILES string of the molecule is CCOCCc1cc(Cl)cc2sc(C(C)(C)NC(=O)Nc3ccc(C(=O)N(C=O)C4CCC(=O)NC4=O)c(C)c3)nc12. The van der Waals surface area contributed by atoms with Gasteiger partial charge in [-0.25, -0.2) is 9.78 Å². The average molecular weight is 614 g/mol. The third-order valence-corrected chi connectivity index (χ3v) is 8.37. The molecule has 2 heterocycles. The number of aromatic nitrogens is 1. The van der Waals surface area contributed by atoms with Crippen LogP contribution >= 0.6 is 22.9 Å². The first kappa shape index (κ1) is 31.1. The van der Waals surface area contributed by atoms with E-state index in [4.69, 9.17) is 21.3 Å². The maximum Gasteiger partial charge on any atom is 0.319 e. The van der Waals surface area contributed by atoms with Crippen LogP contribution in [-0.4, -0.2) is 59.3 Å². The van der Waals surface area contributed by atoms with Crippen molar-refractivity contribution >= 4 is 69.0 Å². The molecule has 2 aromatic carbocycles. The molecule has 0 aliphatic carbocycles. The molecule has 1 aliphatic heterocycles. The van der Waals surface area contributed by atoms with Crippen molar-refractivity contribution in [3.05, 3.63) is 57.1 Å². The number of nitrogens with one attached hydrogen (secondary N) is 3. The van der Waals surface area contributed by atoms with Crippen LogP contribution in [0.15, 0.2) is 30.3 Å². The molecule has 6 amide bonds. The number of piperidine rings is 1. The topological polar surface area (TPSA) is 147 Å². The third-order valence-electron chi connectivity index (χ3n) is 6.83. The number of nitrogens with zero attached hydrogens (tertiary/aromatic N) is 2. The van der Waals surface area contributed by atoms with Gasteiger partial charge in [-0.3, -0.25) is 29.4 Å². The minimum absolute atomic E-state index is 0.0289. The molecule has 42 heavy (non-hydrogen) atoms. The fourth-order valence-corrected chi connectivity index (χ4v) is 6.09. The summed E-state index contributed by atoms with van der Waals surface area (Å²) in [4.78, 5) is 67.1. The Hall–Kier alpha value is -3.87. The summed E-state index contributed by atoms with van der Waals surface area (Å²) < 4.78 is 6.41. The van der Waals surface area contributed by atoms with Gasteiger partial charge in [-0.2, -0.15) is 0 Å². The summed E-state index contributed by atoms with van der Waals surface area (Å²) >= 11 is 7.79.